The topological polar surface area (TPSA) is 46.2 Å². The van der Waals surface area contributed by atoms with Crippen LogP contribution in [0.15, 0.2) is 71.6 Å². The lowest BCUT2D eigenvalue weighted by atomic mass is 9.88. The Labute approximate surface area is 142 Å². The molecule has 0 fully saturated rings. The van der Waals surface area contributed by atoms with Crippen molar-refractivity contribution in [2.24, 2.45) is 0 Å². The third-order valence-electron chi connectivity index (χ3n) is 4.70. The summed E-state index contributed by atoms with van der Waals surface area (Å²) >= 11 is 0. The SMILES string of the molecule is O=S(=O)(N[C@H]1CCCc2ccccc21)c1ccc2ccccc2c1. The number of nitrogens with one attached hydrogen (secondary N) is 1. The second-order valence-electron chi connectivity index (χ2n) is 6.27. The fourth-order valence-electron chi connectivity index (χ4n) is 3.47. The molecule has 0 saturated heterocycles. The molecule has 4 heteroatoms. The summed E-state index contributed by atoms with van der Waals surface area (Å²) in [6, 6.07) is 21.0. The van der Waals surface area contributed by atoms with Crippen molar-refractivity contribution in [3.05, 3.63) is 77.9 Å². The Morgan fingerprint density at radius 3 is 2.50 bits per heavy atom. The molecule has 0 aliphatic heterocycles. The Morgan fingerprint density at radius 1 is 0.875 bits per heavy atom. The largest absolute Gasteiger partial charge is 0.241 e. The Morgan fingerprint density at radius 2 is 1.62 bits per heavy atom. The van der Waals surface area contributed by atoms with Crippen LogP contribution in [0.2, 0.25) is 0 Å². The number of hydrogen-bond acceptors (Lipinski definition) is 2. The van der Waals surface area contributed by atoms with Gasteiger partial charge in [0.25, 0.3) is 0 Å². The lowest BCUT2D eigenvalue weighted by Gasteiger charge is -2.26. The van der Waals surface area contributed by atoms with Crippen molar-refractivity contribution in [3.63, 3.8) is 0 Å². The number of benzene rings is 3. The van der Waals surface area contributed by atoms with Gasteiger partial charge in [0.2, 0.25) is 10.0 Å². The Bertz CT molecular complexity index is 995. The van der Waals surface area contributed by atoms with E-state index >= 15 is 0 Å². The molecule has 3 nitrogen and oxygen atoms in total. The summed E-state index contributed by atoms with van der Waals surface area (Å²) < 4.78 is 28.6. The molecule has 0 spiro atoms. The monoisotopic (exact) mass is 337 g/mol. The van der Waals surface area contributed by atoms with Gasteiger partial charge in [-0.05, 0) is 53.3 Å². The van der Waals surface area contributed by atoms with E-state index in [4.69, 9.17) is 0 Å². The van der Waals surface area contributed by atoms with Gasteiger partial charge in [-0.25, -0.2) is 13.1 Å². The van der Waals surface area contributed by atoms with Crippen LogP contribution < -0.4 is 4.72 Å². The van der Waals surface area contributed by atoms with Gasteiger partial charge in [0.15, 0.2) is 0 Å². The lowest BCUT2D eigenvalue weighted by molar-refractivity contribution is 0.507. The smallest absolute Gasteiger partial charge is 0.207 e. The molecule has 1 atom stereocenters. The van der Waals surface area contributed by atoms with Crippen LogP contribution in [0.25, 0.3) is 10.8 Å². The van der Waals surface area contributed by atoms with Crippen LogP contribution in [0.3, 0.4) is 0 Å². The molecule has 122 valence electrons. The molecule has 0 heterocycles. The van der Waals surface area contributed by atoms with Crippen LogP contribution in [0.5, 0.6) is 0 Å². The predicted molar refractivity (Wildman–Crippen MR) is 96.4 cm³/mol. The van der Waals surface area contributed by atoms with Crippen molar-refractivity contribution >= 4 is 20.8 Å². The zero-order valence-corrected chi connectivity index (χ0v) is 14.1. The first-order valence-electron chi connectivity index (χ1n) is 8.22. The quantitative estimate of drug-likeness (QED) is 0.779. The molecule has 1 aliphatic carbocycles. The van der Waals surface area contributed by atoms with Crippen LogP contribution in [0, 0.1) is 0 Å². The summed E-state index contributed by atoms with van der Waals surface area (Å²) in [4.78, 5) is 0.323. The second-order valence-corrected chi connectivity index (χ2v) is 7.99. The summed E-state index contributed by atoms with van der Waals surface area (Å²) in [5.41, 5.74) is 2.35. The van der Waals surface area contributed by atoms with Crippen LogP contribution in [-0.2, 0) is 16.4 Å². The van der Waals surface area contributed by atoms with Gasteiger partial charge < -0.3 is 0 Å². The third kappa shape index (κ3) is 2.83. The van der Waals surface area contributed by atoms with E-state index in [1.807, 2.05) is 48.5 Å². The van der Waals surface area contributed by atoms with Crippen LogP contribution in [0.1, 0.15) is 30.0 Å². The standard InChI is InChI=1S/C20H19NO2S/c22-24(23,18-13-12-15-6-1-2-8-17(15)14-18)21-20-11-5-9-16-7-3-4-10-19(16)20/h1-4,6-8,10,12-14,20-21H,5,9,11H2/t20-/m0/s1. The van der Waals surface area contributed by atoms with E-state index in [0.29, 0.717) is 4.90 Å². The molecule has 1 aliphatic rings. The highest BCUT2D eigenvalue weighted by molar-refractivity contribution is 7.89. The van der Waals surface area contributed by atoms with E-state index in [0.717, 1.165) is 35.6 Å². The highest BCUT2D eigenvalue weighted by atomic mass is 32.2. The fraction of sp³-hybridized carbons (Fsp3) is 0.200. The molecular weight excluding hydrogens is 318 g/mol. The van der Waals surface area contributed by atoms with Crippen molar-refractivity contribution in [2.45, 2.75) is 30.2 Å². The van der Waals surface area contributed by atoms with Crippen molar-refractivity contribution < 1.29 is 8.42 Å². The average Bonchev–Trinajstić information content (AvgIpc) is 2.61. The maximum absolute atomic E-state index is 12.8. The average molecular weight is 337 g/mol. The molecule has 0 amide bonds. The molecule has 4 rings (SSSR count). The summed E-state index contributed by atoms with van der Waals surface area (Å²) in [7, 11) is -3.54. The van der Waals surface area contributed by atoms with Gasteiger partial charge in [0.1, 0.15) is 0 Å². The van der Waals surface area contributed by atoms with Gasteiger partial charge in [-0.2, -0.15) is 0 Å². The van der Waals surface area contributed by atoms with Gasteiger partial charge in [-0.15, -0.1) is 0 Å². The van der Waals surface area contributed by atoms with Crippen LogP contribution in [0.4, 0.5) is 0 Å². The van der Waals surface area contributed by atoms with E-state index < -0.39 is 10.0 Å². The van der Waals surface area contributed by atoms with Crippen molar-refractivity contribution in [1.29, 1.82) is 0 Å². The molecule has 0 radical (unpaired) electrons. The van der Waals surface area contributed by atoms with E-state index in [1.165, 1.54) is 5.56 Å². The first-order valence-corrected chi connectivity index (χ1v) is 9.71. The number of aryl methyl sites for hydroxylation is 1. The van der Waals surface area contributed by atoms with E-state index in [-0.39, 0.29) is 6.04 Å². The van der Waals surface area contributed by atoms with Crippen molar-refractivity contribution in [2.75, 3.05) is 0 Å². The molecule has 0 aromatic heterocycles. The first kappa shape index (κ1) is 15.4. The molecule has 1 N–H and O–H groups in total. The van der Waals surface area contributed by atoms with Gasteiger partial charge in [-0.3, -0.25) is 0 Å². The predicted octanol–water partition coefficient (Wildman–Crippen LogP) is 4.20. The molecule has 3 aromatic carbocycles. The summed E-state index contributed by atoms with van der Waals surface area (Å²) in [6.07, 6.45) is 2.86. The zero-order valence-electron chi connectivity index (χ0n) is 13.3. The fourth-order valence-corrected chi connectivity index (χ4v) is 4.75. The van der Waals surface area contributed by atoms with Gasteiger partial charge in [-0.1, -0.05) is 54.6 Å². The second kappa shape index (κ2) is 6.04. The molecule has 3 aromatic rings. The van der Waals surface area contributed by atoms with Crippen LogP contribution >= 0.6 is 0 Å². The molecule has 0 bridgehead atoms. The van der Waals surface area contributed by atoms with Gasteiger partial charge >= 0.3 is 0 Å². The number of rotatable bonds is 3. The van der Waals surface area contributed by atoms with Crippen molar-refractivity contribution in [1.82, 2.24) is 4.72 Å². The van der Waals surface area contributed by atoms with E-state index in [1.54, 1.807) is 12.1 Å². The number of sulfonamides is 1. The Balaban J connectivity index is 1.68. The van der Waals surface area contributed by atoms with E-state index in [2.05, 4.69) is 10.8 Å². The Hall–Kier alpha value is -2.17. The van der Waals surface area contributed by atoms with Crippen LogP contribution in [-0.4, -0.2) is 8.42 Å². The van der Waals surface area contributed by atoms with Crippen molar-refractivity contribution in [3.8, 4) is 0 Å². The molecule has 24 heavy (non-hydrogen) atoms. The minimum atomic E-state index is -3.54. The van der Waals surface area contributed by atoms with E-state index in [9.17, 15) is 8.42 Å². The minimum absolute atomic E-state index is 0.147. The Kier molecular flexibility index (Phi) is 3.87. The summed E-state index contributed by atoms with van der Waals surface area (Å²) in [6.45, 7) is 0. The summed E-state index contributed by atoms with van der Waals surface area (Å²) in [5.74, 6) is 0. The highest BCUT2D eigenvalue weighted by Gasteiger charge is 2.25. The summed E-state index contributed by atoms with van der Waals surface area (Å²) in [5, 5.41) is 1.98. The maximum atomic E-state index is 12.8. The van der Waals surface area contributed by atoms with Gasteiger partial charge in [0, 0.05) is 6.04 Å². The molecular formula is C20H19NO2S. The zero-order chi connectivity index (χ0) is 16.6. The maximum Gasteiger partial charge on any atom is 0.241 e. The number of hydrogen-bond donors (Lipinski definition) is 1. The third-order valence-corrected chi connectivity index (χ3v) is 6.17. The molecule has 0 saturated carbocycles. The van der Waals surface area contributed by atoms with Gasteiger partial charge in [0.05, 0.1) is 4.90 Å². The first-order chi connectivity index (χ1) is 11.6. The number of fused-ring (bicyclic) bond motifs is 2. The lowest BCUT2D eigenvalue weighted by Crippen LogP contribution is -2.31. The minimum Gasteiger partial charge on any atom is -0.207 e. The molecule has 0 unspecified atom stereocenters. The highest BCUT2D eigenvalue weighted by Crippen LogP contribution is 2.31. The normalized spacial score (nSPS) is 17.6.